The third-order valence-electron chi connectivity index (χ3n) is 5.14. The van der Waals surface area contributed by atoms with Gasteiger partial charge >= 0.3 is 11.9 Å². The van der Waals surface area contributed by atoms with Crippen molar-refractivity contribution < 1.29 is 23.9 Å². The largest absolute Gasteiger partial charge is 0.457 e. The number of nitrogens with one attached hydrogen (secondary N) is 2. The van der Waals surface area contributed by atoms with Crippen LogP contribution in [0.3, 0.4) is 0 Å². The summed E-state index contributed by atoms with van der Waals surface area (Å²) in [5.74, 6) is -0.729. The van der Waals surface area contributed by atoms with Gasteiger partial charge in [-0.05, 0) is 83.0 Å². The number of ether oxygens (including phenoxy) is 2. The minimum absolute atomic E-state index is 0.324. The van der Waals surface area contributed by atoms with Crippen LogP contribution in [-0.4, -0.2) is 39.4 Å². The van der Waals surface area contributed by atoms with Gasteiger partial charge < -0.3 is 19.4 Å². The fourth-order valence-electron chi connectivity index (χ4n) is 3.71. The Hall–Kier alpha value is -4.39. The second kappa shape index (κ2) is 11.8. The monoisotopic (exact) mass is 514 g/mol. The van der Waals surface area contributed by atoms with Crippen molar-refractivity contribution in [1.82, 2.24) is 9.97 Å². The Bertz CT molecular complexity index is 1490. The minimum atomic E-state index is -0.518. The van der Waals surface area contributed by atoms with Gasteiger partial charge in [0.25, 0.3) is 0 Å². The molecule has 198 valence electrons. The quantitative estimate of drug-likeness (QED) is 0.172. The molecular weight excluding hydrogens is 480 g/mol. The van der Waals surface area contributed by atoms with Gasteiger partial charge in [-0.3, -0.25) is 4.79 Å². The number of carbonyl (C=O) groups excluding carboxylic acids is 3. The number of aromatic amines is 2. The number of aromatic nitrogens is 2. The molecule has 0 atom stereocenters. The lowest BCUT2D eigenvalue weighted by molar-refractivity contribution is -0.149. The molecule has 38 heavy (non-hydrogen) atoms. The molecule has 0 amide bonds. The van der Waals surface area contributed by atoms with E-state index in [9.17, 15) is 14.4 Å². The van der Waals surface area contributed by atoms with Crippen LogP contribution in [0.25, 0.3) is 34.0 Å². The summed E-state index contributed by atoms with van der Waals surface area (Å²) in [6, 6.07) is 13.5. The zero-order valence-corrected chi connectivity index (χ0v) is 22.6. The van der Waals surface area contributed by atoms with Crippen molar-refractivity contribution in [2.24, 2.45) is 0 Å². The summed E-state index contributed by atoms with van der Waals surface area (Å²) >= 11 is 0. The first-order chi connectivity index (χ1) is 17.9. The molecule has 7 heteroatoms. The minimum Gasteiger partial charge on any atom is -0.457 e. The van der Waals surface area contributed by atoms with E-state index >= 15 is 0 Å². The molecule has 0 saturated heterocycles. The molecule has 2 aromatic carbocycles. The molecule has 7 nitrogen and oxygen atoms in total. The second-order valence-corrected chi connectivity index (χ2v) is 10.7. The molecule has 0 aliphatic carbocycles. The third-order valence-corrected chi connectivity index (χ3v) is 5.14. The Kier molecular flexibility index (Phi) is 8.73. The van der Waals surface area contributed by atoms with Gasteiger partial charge in [-0.1, -0.05) is 24.3 Å². The van der Waals surface area contributed by atoms with Crippen molar-refractivity contribution in [3.63, 3.8) is 0 Å². The number of benzene rings is 2. The molecule has 2 heterocycles. The maximum absolute atomic E-state index is 11.7. The number of hydrogen-bond acceptors (Lipinski definition) is 5. The predicted octanol–water partition coefficient (Wildman–Crippen LogP) is 6.86. The number of rotatable bonds is 5. The lowest BCUT2D eigenvalue weighted by Gasteiger charge is -2.17. The Labute approximate surface area is 222 Å². The molecule has 0 bridgehead atoms. The SMILES string of the molecule is CC(C)(C)OC(=O)/C=C/c1cccc2[nH]cc(C=O)c12.CC(C)(C)OC(=O)/C=C/c1cccc2[nH]ccc12. The number of carbonyl (C=O) groups is 3. The van der Waals surface area contributed by atoms with E-state index in [-0.39, 0.29) is 5.97 Å². The van der Waals surface area contributed by atoms with Crippen molar-refractivity contribution in [3.05, 3.63) is 83.7 Å². The van der Waals surface area contributed by atoms with Gasteiger partial charge in [-0.25, -0.2) is 9.59 Å². The van der Waals surface area contributed by atoms with Crippen molar-refractivity contribution in [2.75, 3.05) is 0 Å². The van der Waals surface area contributed by atoms with Gasteiger partial charge in [-0.15, -0.1) is 0 Å². The summed E-state index contributed by atoms with van der Waals surface area (Å²) in [7, 11) is 0. The van der Waals surface area contributed by atoms with E-state index in [1.165, 1.54) is 12.2 Å². The summed E-state index contributed by atoms with van der Waals surface area (Å²) < 4.78 is 10.4. The van der Waals surface area contributed by atoms with Crippen molar-refractivity contribution in [2.45, 2.75) is 52.7 Å². The number of hydrogen-bond donors (Lipinski definition) is 2. The van der Waals surface area contributed by atoms with Crippen LogP contribution in [0.15, 0.2) is 67.0 Å². The highest BCUT2D eigenvalue weighted by Crippen LogP contribution is 2.23. The molecule has 0 aliphatic heterocycles. The van der Waals surface area contributed by atoms with Crippen molar-refractivity contribution >= 4 is 52.2 Å². The Morgan fingerprint density at radius 2 is 1.26 bits per heavy atom. The maximum Gasteiger partial charge on any atom is 0.331 e. The van der Waals surface area contributed by atoms with Crippen molar-refractivity contribution in [3.8, 4) is 0 Å². The molecule has 0 fully saturated rings. The van der Waals surface area contributed by atoms with Crippen LogP contribution in [0.5, 0.6) is 0 Å². The van der Waals surface area contributed by atoms with E-state index in [1.807, 2.05) is 90.2 Å². The number of esters is 2. The van der Waals surface area contributed by atoms with Gasteiger partial charge in [0, 0.05) is 51.9 Å². The lowest BCUT2D eigenvalue weighted by Crippen LogP contribution is -2.22. The van der Waals surface area contributed by atoms with Gasteiger partial charge in [-0.2, -0.15) is 0 Å². The first kappa shape index (κ1) is 28.2. The summed E-state index contributed by atoms with van der Waals surface area (Å²) in [6.45, 7) is 11.0. The van der Waals surface area contributed by atoms with E-state index in [0.29, 0.717) is 5.56 Å². The summed E-state index contributed by atoms with van der Waals surface area (Å²) in [6.07, 6.45) is 10.6. The highest BCUT2D eigenvalue weighted by atomic mass is 16.6. The molecule has 0 unspecified atom stereocenters. The third kappa shape index (κ3) is 8.06. The number of fused-ring (bicyclic) bond motifs is 2. The fourth-order valence-corrected chi connectivity index (χ4v) is 3.71. The number of aldehydes is 1. The zero-order chi connectivity index (χ0) is 27.9. The normalized spacial score (nSPS) is 12.1. The van der Waals surface area contributed by atoms with Gasteiger partial charge in [0.15, 0.2) is 6.29 Å². The predicted molar refractivity (Wildman–Crippen MR) is 152 cm³/mol. The molecule has 0 spiro atoms. The van der Waals surface area contributed by atoms with Gasteiger partial charge in [0.2, 0.25) is 0 Å². The molecule has 0 aliphatic rings. The van der Waals surface area contributed by atoms with Crippen LogP contribution < -0.4 is 0 Å². The molecule has 4 aromatic rings. The molecule has 2 aromatic heterocycles. The maximum atomic E-state index is 11.7. The van der Waals surface area contributed by atoms with E-state index in [0.717, 1.165) is 39.2 Å². The van der Waals surface area contributed by atoms with E-state index in [1.54, 1.807) is 18.3 Å². The van der Waals surface area contributed by atoms with Crippen LogP contribution in [-0.2, 0) is 19.1 Å². The van der Waals surface area contributed by atoms with Crippen LogP contribution in [0.2, 0.25) is 0 Å². The van der Waals surface area contributed by atoms with Crippen LogP contribution >= 0.6 is 0 Å². The second-order valence-electron chi connectivity index (χ2n) is 10.7. The highest BCUT2D eigenvalue weighted by molar-refractivity contribution is 6.03. The average molecular weight is 515 g/mol. The summed E-state index contributed by atoms with van der Waals surface area (Å²) in [5.41, 5.74) is 3.32. The highest BCUT2D eigenvalue weighted by Gasteiger charge is 2.15. The molecule has 0 saturated carbocycles. The summed E-state index contributed by atoms with van der Waals surface area (Å²) in [4.78, 5) is 40.4. The molecule has 0 radical (unpaired) electrons. The van der Waals surface area contributed by atoms with E-state index in [4.69, 9.17) is 9.47 Å². The zero-order valence-electron chi connectivity index (χ0n) is 22.6. The van der Waals surface area contributed by atoms with Crippen LogP contribution in [0, 0.1) is 0 Å². The average Bonchev–Trinajstić information content (AvgIpc) is 3.47. The van der Waals surface area contributed by atoms with Gasteiger partial charge in [0.05, 0.1) is 0 Å². The van der Waals surface area contributed by atoms with E-state index in [2.05, 4.69) is 9.97 Å². The molecular formula is C31H34N2O5. The Morgan fingerprint density at radius 3 is 1.84 bits per heavy atom. The first-order valence-corrected chi connectivity index (χ1v) is 12.3. The Morgan fingerprint density at radius 1 is 0.711 bits per heavy atom. The van der Waals surface area contributed by atoms with Crippen molar-refractivity contribution in [1.29, 1.82) is 0 Å². The lowest BCUT2D eigenvalue weighted by atomic mass is 10.1. The topological polar surface area (TPSA) is 101 Å². The Balaban J connectivity index is 0.000000212. The van der Waals surface area contributed by atoms with Gasteiger partial charge in [0.1, 0.15) is 11.2 Å². The standard InChI is InChI=1S/C16H17NO3.C15H17NO2/c1-16(2,3)20-14(19)8-7-11-5-4-6-13-15(11)12(10-18)9-17-13;1-15(2,3)18-14(17)8-7-11-5-4-6-13-12(11)9-10-16-13/h4-10,17H,1-3H3;4-10,16H,1-3H3/b2*8-7+. The number of H-pyrrole nitrogens is 2. The smallest absolute Gasteiger partial charge is 0.331 e. The first-order valence-electron chi connectivity index (χ1n) is 12.3. The fraction of sp³-hybridized carbons (Fsp3) is 0.258. The summed E-state index contributed by atoms with van der Waals surface area (Å²) in [5, 5.41) is 1.90. The molecule has 4 rings (SSSR count). The van der Waals surface area contributed by atoms with Crippen LogP contribution in [0.4, 0.5) is 0 Å². The van der Waals surface area contributed by atoms with E-state index < -0.39 is 17.2 Å². The molecule has 2 N–H and O–H groups in total. The van der Waals surface area contributed by atoms with Crippen LogP contribution in [0.1, 0.15) is 63.0 Å².